The second-order valence-corrected chi connectivity index (χ2v) is 4.74. The second-order valence-electron chi connectivity index (χ2n) is 4.74. The van der Waals surface area contributed by atoms with E-state index >= 15 is 0 Å². The minimum absolute atomic E-state index is 0.152. The first kappa shape index (κ1) is 14.0. The lowest BCUT2D eigenvalue weighted by Crippen LogP contribution is -2.26. The highest BCUT2D eigenvalue weighted by Crippen LogP contribution is 2.37. The van der Waals surface area contributed by atoms with E-state index in [4.69, 9.17) is 4.74 Å². The van der Waals surface area contributed by atoms with Crippen LogP contribution >= 0.6 is 0 Å². The summed E-state index contributed by atoms with van der Waals surface area (Å²) in [6, 6.07) is 0. The molecule has 1 rings (SSSR count). The number of cyclic esters (lactones) is 1. The largest absolute Gasteiger partial charge is 0.451 e. The molecule has 1 N–H and O–H groups in total. The Morgan fingerprint density at radius 3 is 2.59 bits per heavy atom. The van der Waals surface area contributed by atoms with Crippen LogP contribution in [0.2, 0.25) is 0 Å². The van der Waals surface area contributed by atoms with Crippen LogP contribution in [0.4, 0.5) is 0 Å². The van der Waals surface area contributed by atoms with Crippen LogP contribution in [0.1, 0.15) is 40.5 Å². The van der Waals surface area contributed by atoms with Crippen molar-refractivity contribution in [1.82, 2.24) is 5.32 Å². The maximum Gasteiger partial charge on any atom is 0.335 e. The van der Waals surface area contributed by atoms with Crippen LogP contribution in [0.3, 0.4) is 0 Å². The summed E-state index contributed by atoms with van der Waals surface area (Å²) < 4.78 is 5.52. The molecule has 0 aromatic carbocycles. The number of nitrogens with one attached hydrogen (secondary N) is 1. The van der Waals surface area contributed by atoms with E-state index < -0.39 is 5.60 Å². The van der Waals surface area contributed by atoms with Gasteiger partial charge in [-0.15, -0.1) is 0 Å². The van der Waals surface area contributed by atoms with Gasteiger partial charge in [-0.1, -0.05) is 25.5 Å². The van der Waals surface area contributed by atoms with E-state index in [1.165, 1.54) is 5.57 Å². The number of ether oxygens (including phenoxy) is 1. The fourth-order valence-corrected chi connectivity index (χ4v) is 2.16. The van der Waals surface area contributed by atoms with Gasteiger partial charge in [0.25, 0.3) is 0 Å². The molecule has 17 heavy (non-hydrogen) atoms. The molecule has 0 saturated heterocycles. The van der Waals surface area contributed by atoms with E-state index in [9.17, 15) is 4.79 Å². The van der Waals surface area contributed by atoms with Crippen LogP contribution in [-0.2, 0) is 9.53 Å². The van der Waals surface area contributed by atoms with Crippen molar-refractivity contribution in [2.24, 2.45) is 0 Å². The highest BCUT2D eigenvalue weighted by atomic mass is 16.6. The molecule has 0 spiro atoms. The lowest BCUT2D eigenvalue weighted by molar-refractivity contribution is -0.145. The highest BCUT2D eigenvalue weighted by molar-refractivity contribution is 5.93. The smallest absolute Gasteiger partial charge is 0.335 e. The SMILES string of the molecule is CCC1=C(C=C(C)CNC)C(C)(CC)OC1=O. The Bertz CT molecular complexity index is 368. The monoisotopic (exact) mass is 237 g/mol. The lowest BCUT2D eigenvalue weighted by atomic mass is 9.89. The molecule has 0 aromatic rings. The molecule has 96 valence electrons. The average molecular weight is 237 g/mol. The van der Waals surface area contributed by atoms with Crippen LogP contribution in [0.25, 0.3) is 0 Å². The van der Waals surface area contributed by atoms with Gasteiger partial charge in [0.15, 0.2) is 0 Å². The number of rotatable bonds is 5. The van der Waals surface area contributed by atoms with Gasteiger partial charge in [-0.3, -0.25) is 0 Å². The third kappa shape index (κ3) is 2.78. The van der Waals surface area contributed by atoms with Crippen LogP contribution in [-0.4, -0.2) is 25.2 Å². The Morgan fingerprint density at radius 2 is 2.12 bits per heavy atom. The van der Waals surface area contributed by atoms with Crippen molar-refractivity contribution in [3.8, 4) is 0 Å². The van der Waals surface area contributed by atoms with E-state index in [2.05, 4.69) is 18.3 Å². The molecule has 1 unspecified atom stereocenters. The van der Waals surface area contributed by atoms with Crippen molar-refractivity contribution in [3.05, 3.63) is 22.8 Å². The van der Waals surface area contributed by atoms with Gasteiger partial charge >= 0.3 is 5.97 Å². The molecular formula is C14H23NO2. The topological polar surface area (TPSA) is 38.3 Å². The first-order valence-corrected chi connectivity index (χ1v) is 6.27. The fourth-order valence-electron chi connectivity index (χ4n) is 2.16. The Balaban J connectivity index is 3.16. The molecule has 0 saturated carbocycles. The fraction of sp³-hybridized carbons (Fsp3) is 0.643. The van der Waals surface area contributed by atoms with Crippen LogP contribution in [0.15, 0.2) is 22.8 Å². The molecule has 3 nitrogen and oxygen atoms in total. The summed E-state index contributed by atoms with van der Waals surface area (Å²) in [6.45, 7) is 8.93. The first-order valence-electron chi connectivity index (χ1n) is 6.27. The van der Waals surface area contributed by atoms with Crippen LogP contribution in [0, 0.1) is 0 Å². The molecule has 1 aliphatic rings. The minimum Gasteiger partial charge on any atom is -0.451 e. The molecule has 0 amide bonds. The Labute approximate surface area is 104 Å². The number of hydrogen-bond donors (Lipinski definition) is 1. The number of hydrogen-bond acceptors (Lipinski definition) is 3. The maximum atomic E-state index is 11.8. The predicted octanol–water partition coefficient (Wildman–Crippen LogP) is 2.58. The molecule has 1 aliphatic heterocycles. The summed E-state index contributed by atoms with van der Waals surface area (Å²) in [5, 5.41) is 3.11. The van der Waals surface area contributed by atoms with Crippen LogP contribution in [0.5, 0.6) is 0 Å². The van der Waals surface area contributed by atoms with Crippen molar-refractivity contribution in [2.75, 3.05) is 13.6 Å². The molecule has 0 bridgehead atoms. The number of likely N-dealkylation sites (N-methyl/N-ethyl adjacent to an activating group) is 1. The molecule has 0 aliphatic carbocycles. The normalized spacial score (nSPS) is 25.5. The standard InChI is InChI=1S/C14H23NO2/c1-6-11-12(8-10(3)9-15-5)14(4,7-2)17-13(11)16/h8,15H,6-7,9H2,1-5H3. The summed E-state index contributed by atoms with van der Waals surface area (Å²) in [5.41, 5.74) is 2.65. The maximum absolute atomic E-state index is 11.8. The third-order valence-electron chi connectivity index (χ3n) is 3.33. The van der Waals surface area contributed by atoms with E-state index in [1.807, 2.05) is 27.8 Å². The zero-order chi connectivity index (χ0) is 13.1. The van der Waals surface area contributed by atoms with E-state index in [0.717, 1.165) is 30.5 Å². The molecule has 1 atom stereocenters. The van der Waals surface area contributed by atoms with Gasteiger partial charge in [0, 0.05) is 17.7 Å². The molecule has 0 aromatic heterocycles. The molecule has 0 radical (unpaired) electrons. The Morgan fingerprint density at radius 1 is 1.47 bits per heavy atom. The van der Waals surface area contributed by atoms with Gasteiger partial charge in [0.2, 0.25) is 0 Å². The summed E-state index contributed by atoms with van der Waals surface area (Å²) in [7, 11) is 1.92. The Kier molecular flexibility index (Phi) is 4.52. The minimum atomic E-state index is -0.447. The lowest BCUT2D eigenvalue weighted by Gasteiger charge is -2.24. The van der Waals surface area contributed by atoms with Crippen molar-refractivity contribution < 1.29 is 9.53 Å². The summed E-state index contributed by atoms with van der Waals surface area (Å²) in [6.07, 6.45) is 3.64. The summed E-state index contributed by atoms with van der Waals surface area (Å²) in [4.78, 5) is 11.8. The third-order valence-corrected chi connectivity index (χ3v) is 3.33. The molecule has 3 heteroatoms. The van der Waals surface area contributed by atoms with E-state index in [0.29, 0.717) is 0 Å². The summed E-state index contributed by atoms with van der Waals surface area (Å²) in [5.74, 6) is -0.152. The highest BCUT2D eigenvalue weighted by Gasteiger charge is 2.40. The van der Waals surface area contributed by atoms with Gasteiger partial charge in [-0.25, -0.2) is 4.79 Å². The second kappa shape index (κ2) is 5.50. The molecule has 1 heterocycles. The average Bonchev–Trinajstić information content (AvgIpc) is 2.51. The molecular weight excluding hydrogens is 214 g/mol. The van der Waals surface area contributed by atoms with Crippen molar-refractivity contribution >= 4 is 5.97 Å². The number of esters is 1. The van der Waals surface area contributed by atoms with Gasteiger partial charge in [-0.05, 0) is 33.7 Å². The zero-order valence-electron chi connectivity index (χ0n) is 11.5. The number of carbonyl (C=O) groups excluding carboxylic acids is 1. The van der Waals surface area contributed by atoms with Crippen molar-refractivity contribution in [3.63, 3.8) is 0 Å². The number of carbonyl (C=O) groups is 1. The summed E-state index contributed by atoms with van der Waals surface area (Å²) >= 11 is 0. The first-order chi connectivity index (χ1) is 7.98. The van der Waals surface area contributed by atoms with Gasteiger partial charge < -0.3 is 10.1 Å². The van der Waals surface area contributed by atoms with Crippen molar-refractivity contribution in [2.45, 2.75) is 46.1 Å². The van der Waals surface area contributed by atoms with Gasteiger partial charge in [-0.2, -0.15) is 0 Å². The van der Waals surface area contributed by atoms with Crippen molar-refractivity contribution in [1.29, 1.82) is 0 Å². The van der Waals surface area contributed by atoms with Crippen LogP contribution < -0.4 is 5.32 Å². The van der Waals surface area contributed by atoms with E-state index in [1.54, 1.807) is 0 Å². The predicted molar refractivity (Wildman–Crippen MR) is 69.8 cm³/mol. The quantitative estimate of drug-likeness (QED) is 0.747. The zero-order valence-corrected chi connectivity index (χ0v) is 11.5. The van der Waals surface area contributed by atoms with E-state index in [-0.39, 0.29) is 5.97 Å². The van der Waals surface area contributed by atoms with Gasteiger partial charge in [0.05, 0.1) is 0 Å². The van der Waals surface area contributed by atoms with Gasteiger partial charge in [0.1, 0.15) is 5.60 Å². The Hall–Kier alpha value is -1.09. The molecule has 0 fully saturated rings.